The number of benzene rings is 2. The van der Waals surface area contributed by atoms with E-state index < -0.39 is 0 Å². The summed E-state index contributed by atoms with van der Waals surface area (Å²) in [6.45, 7) is 0. The van der Waals surface area contributed by atoms with Crippen molar-refractivity contribution < 1.29 is 9.21 Å². The number of carbonyl (C=O) groups excluding carboxylic acids is 1. The van der Waals surface area contributed by atoms with Crippen molar-refractivity contribution in [1.82, 2.24) is 0 Å². The standard InChI is InChI=1S/C16H12N2O2S/c17-15(21)10-4-3-5-11(8-10)18-16(19)13-9-20-14-7-2-1-6-12(13)14/h1-9H,(H2,17,21)(H,18,19). The summed E-state index contributed by atoms with van der Waals surface area (Å²) in [5.74, 6) is -0.236. The zero-order valence-electron chi connectivity index (χ0n) is 11.0. The molecule has 2 aromatic carbocycles. The third-order valence-electron chi connectivity index (χ3n) is 3.13. The van der Waals surface area contributed by atoms with Crippen LogP contribution in [0.25, 0.3) is 11.0 Å². The van der Waals surface area contributed by atoms with Crippen LogP contribution >= 0.6 is 12.2 Å². The second kappa shape index (κ2) is 5.38. The van der Waals surface area contributed by atoms with E-state index in [4.69, 9.17) is 22.4 Å². The van der Waals surface area contributed by atoms with E-state index in [1.165, 1.54) is 6.26 Å². The number of furan rings is 1. The molecule has 0 atom stereocenters. The molecule has 3 N–H and O–H groups in total. The van der Waals surface area contributed by atoms with Crippen LogP contribution in [-0.2, 0) is 0 Å². The predicted octanol–water partition coefficient (Wildman–Crippen LogP) is 3.32. The van der Waals surface area contributed by atoms with Gasteiger partial charge in [-0.15, -0.1) is 0 Å². The molecule has 3 rings (SSSR count). The van der Waals surface area contributed by atoms with Gasteiger partial charge in [0.05, 0.1) is 5.56 Å². The Kier molecular flexibility index (Phi) is 3.41. The van der Waals surface area contributed by atoms with E-state index in [1.54, 1.807) is 24.3 Å². The van der Waals surface area contributed by atoms with E-state index in [0.717, 1.165) is 5.39 Å². The molecule has 0 aliphatic carbocycles. The highest BCUT2D eigenvalue weighted by atomic mass is 32.1. The second-order valence-corrected chi connectivity index (χ2v) is 4.98. The van der Waals surface area contributed by atoms with Gasteiger partial charge in [0.25, 0.3) is 5.91 Å². The van der Waals surface area contributed by atoms with Gasteiger partial charge in [0.15, 0.2) is 0 Å². The van der Waals surface area contributed by atoms with Gasteiger partial charge in [0, 0.05) is 16.6 Å². The number of anilines is 1. The van der Waals surface area contributed by atoms with E-state index in [1.807, 2.05) is 24.3 Å². The van der Waals surface area contributed by atoms with Gasteiger partial charge in [0.2, 0.25) is 0 Å². The molecule has 1 amide bonds. The first-order valence-corrected chi connectivity index (χ1v) is 6.73. The molecule has 1 heterocycles. The van der Waals surface area contributed by atoms with E-state index >= 15 is 0 Å². The minimum absolute atomic E-state index is 0.236. The molecule has 0 radical (unpaired) electrons. The Bertz CT molecular complexity index is 839. The average Bonchev–Trinajstić information content (AvgIpc) is 2.91. The first-order valence-electron chi connectivity index (χ1n) is 6.32. The average molecular weight is 296 g/mol. The van der Waals surface area contributed by atoms with Gasteiger partial charge >= 0.3 is 0 Å². The number of nitrogens with two attached hydrogens (primary N) is 1. The normalized spacial score (nSPS) is 10.5. The summed E-state index contributed by atoms with van der Waals surface area (Å²) in [5.41, 5.74) is 8.10. The number of rotatable bonds is 3. The van der Waals surface area contributed by atoms with Gasteiger partial charge in [-0.25, -0.2) is 0 Å². The van der Waals surface area contributed by atoms with Crippen LogP contribution in [0.4, 0.5) is 5.69 Å². The molecule has 4 nitrogen and oxygen atoms in total. The maximum Gasteiger partial charge on any atom is 0.259 e. The number of thiocarbonyl (C=S) groups is 1. The Hall–Kier alpha value is -2.66. The molecule has 0 spiro atoms. The lowest BCUT2D eigenvalue weighted by Crippen LogP contribution is -2.13. The Morgan fingerprint density at radius 2 is 1.95 bits per heavy atom. The Morgan fingerprint density at radius 3 is 2.76 bits per heavy atom. The monoisotopic (exact) mass is 296 g/mol. The molecule has 0 saturated heterocycles. The highest BCUT2D eigenvalue weighted by molar-refractivity contribution is 7.80. The molecule has 21 heavy (non-hydrogen) atoms. The van der Waals surface area contributed by atoms with Crippen molar-refractivity contribution in [2.24, 2.45) is 5.73 Å². The summed E-state index contributed by atoms with van der Waals surface area (Å²) >= 11 is 4.93. The lowest BCUT2D eigenvalue weighted by atomic mass is 10.1. The Balaban J connectivity index is 1.90. The fourth-order valence-electron chi connectivity index (χ4n) is 2.10. The fourth-order valence-corrected chi connectivity index (χ4v) is 2.23. The molecule has 0 fully saturated rings. The summed E-state index contributed by atoms with van der Waals surface area (Å²) in [7, 11) is 0. The minimum Gasteiger partial charge on any atom is -0.463 e. The van der Waals surface area contributed by atoms with Crippen LogP contribution in [0.5, 0.6) is 0 Å². The summed E-state index contributed by atoms with van der Waals surface area (Å²) in [6.07, 6.45) is 1.46. The summed E-state index contributed by atoms with van der Waals surface area (Å²) in [5, 5.41) is 3.60. The van der Waals surface area contributed by atoms with E-state index in [9.17, 15) is 4.79 Å². The van der Waals surface area contributed by atoms with Crippen LogP contribution in [0.15, 0.2) is 59.2 Å². The van der Waals surface area contributed by atoms with Crippen LogP contribution in [0.3, 0.4) is 0 Å². The highest BCUT2D eigenvalue weighted by Crippen LogP contribution is 2.22. The van der Waals surface area contributed by atoms with Crippen LogP contribution < -0.4 is 11.1 Å². The van der Waals surface area contributed by atoms with Gasteiger partial charge in [-0.1, -0.05) is 42.5 Å². The van der Waals surface area contributed by atoms with Crippen molar-refractivity contribution in [3.63, 3.8) is 0 Å². The first kappa shape index (κ1) is 13.3. The smallest absolute Gasteiger partial charge is 0.259 e. The number of fused-ring (bicyclic) bond motifs is 1. The SMILES string of the molecule is NC(=S)c1cccc(NC(=O)c2coc3ccccc23)c1. The number of hydrogen-bond acceptors (Lipinski definition) is 3. The van der Waals surface area contributed by atoms with E-state index in [-0.39, 0.29) is 5.91 Å². The second-order valence-electron chi connectivity index (χ2n) is 4.54. The maximum atomic E-state index is 12.3. The molecule has 0 bridgehead atoms. The van der Waals surface area contributed by atoms with Crippen LogP contribution in [0, 0.1) is 0 Å². The lowest BCUT2D eigenvalue weighted by Gasteiger charge is -2.06. The lowest BCUT2D eigenvalue weighted by molar-refractivity contribution is 0.102. The summed E-state index contributed by atoms with van der Waals surface area (Å²) in [6, 6.07) is 14.5. The minimum atomic E-state index is -0.236. The molecule has 0 aliphatic rings. The molecular weight excluding hydrogens is 284 g/mol. The van der Waals surface area contributed by atoms with Crippen molar-refractivity contribution in [3.8, 4) is 0 Å². The fraction of sp³-hybridized carbons (Fsp3) is 0. The highest BCUT2D eigenvalue weighted by Gasteiger charge is 2.13. The van der Waals surface area contributed by atoms with Gasteiger partial charge in [-0.05, 0) is 18.2 Å². The van der Waals surface area contributed by atoms with Gasteiger partial charge < -0.3 is 15.5 Å². The number of hydrogen-bond donors (Lipinski definition) is 2. The van der Waals surface area contributed by atoms with E-state index in [2.05, 4.69) is 5.32 Å². The molecule has 0 unspecified atom stereocenters. The number of amides is 1. The molecule has 5 heteroatoms. The first-order chi connectivity index (χ1) is 10.1. The maximum absolute atomic E-state index is 12.3. The topological polar surface area (TPSA) is 68.3 Å². The van der Waals surface area contributed by atoms with Crippen LogP contribution in [0.1, 0.15) is 15.9 Å². The molecule has 1 aromatic heterocycles. The van der Waals surface area contributed by atoms with Gasteiger partial charge in [-0.2, -0.15) is 0 Å². The third-order valence-corrected chi connectivity index (χ3v) is 3.37. The zero-order valence-corrected chi connectivity index (χ0v) is 11.8. The van der Waals surface area contributed by atoms with Gasteiger partial charge in [0.1, 0.15) is 16.8 Å². The number of para-hydroxylation sites is 1. The molecular formula is C16H12N2O2S. The Morgan fingerprint density at radius 1 is 1.14 bits per heavy atom. The largest absolute Gasteiger partial charge is 0.463 e. The number of carbonyl (C=O) groups is 1. The zero-order chi connectivity index (χ0) is 14.8. The Labute approximate surface area is 126 Å². The molecule has 104 valence electrons. The molecule has 3 aromatic rings. The van der Waals surface area contributed by atoms with Gasteiger partial charge in [-0.3, -0.25) is 4.79 Å². The summed E-state index contributed by atoms with van der Waals surface area (Å²) in [4.78, 5) is 12.6. The van der Waals surface area contributed by atoms with E-state index in [0.29, 0.717) is 27.4 Å². The van der Waals surface area contributed by atoms with Crippen molar-refractivity contribution in [1.29, 1.82) is 0 Å². The predicted molar refractivity (Wildman–Crippen MR) is 86.5 cm³/mol. The number of nitrogens with one attached hydrogen (secondary N) is 1. The van der Waals surface area contributed by atoms with Crippen molar-refractivity contribution in [3.05, 3.63) is 65.9 Å². The van der Waals surface area contributed by atoms with Crippen molar-refractivity contribution in [2.45, 2.75) is 0 Å². The van der Waals surface area contributed by atoms with Crippen LogP contribution in [0.2, 0.25) is 0 Å². The molecule has 0 aliphatic heterocycles. The third kappa shape index (κ3) is 2.64. The molecule has 0 saturated carbocycles. The quantitative estimate of drug-likeness (QED) is 0.728. The summed E-state index contributed by atoms with van der Waals surface area (Å²) < 4.78 is 5.37. The van der Waals surface area contributed by atoms with Crippen molar-refractivity contribution >= 4 is 39.8 Å². The van der Waals surface area contributed by atoms with Crippen molar-refractivity contribution in [2.75, 3.05) is 5.32 Å². The van der Waals surface area contributed by atoms with Crippen LogP contribution in [-0.4, -0.2) is 10.9 Å².